The van der Waals surface area contributed by atoms with Crippen molar-refractivity contribution >= 4 is 21.9 Å². The summed E-state index contributed by atoms with van der Waals surface area (Å²) in [5.41, 5.74) is 0. The Morgan fingerprint density at radius 1 is 1.62 bits per heavy atom. The van der Waals surface area contributed by atoms with Crippen LogP contribution >= 0.6 is 15.9 Å². The van der Waals surface area contributed by atoms with Gasteiger partial charge in [-0.15, -0.1) is 0 Å². The molecule has 16 heavy (non-hydrogen) atoms. The number of hydrogen-bond acceptors (Lipinski definition) is 4. The Morgan fingerprint density at radius 3 is 3.00 bits per heavy atom. The number of ether oxygens (including phenoxy) is 1. The molecule has 4 nitrogen and oxygen atoms in total. The molecule has 1 aliphatic rings. The molecule has 0 radical (unpaired) electrons. The molecule has 1 rings (SSSR count). The van der Waals surface area contributed by atoms with Gasteiger partial charge in [-0.25, -0.2) is 0 Å². The topological polar surface area (TPSA) is 49.8 Å². The van der Waals surface area contributed by atoms with E-state index in [1.54, 1.807) is 0 Å². The third kappa shape index (κ3) is 4.03. The minimum atomic E-state index is -0.267. The van der Waals surface area contributed by atoms with Crippen molar-refractivity contribution in [3.8, 4) is 0 Å². The average molecular weight is 294 g/mol. The molecule has 94 valence electrons. The number of carbonyl (C=O) groups is 1. The quantitative estimate of drug-likeness (QED) is 0.610. The van der Waals surface area contributed by atoms with E-state index in [0.29, 0.717) is 12.6 Å². The van der Waals surface area contributed by atoms with Gasteiger partial charge in [0, 0.05) is 19.2 Å². The molecule has 1 saturated heterocycles. The second-order valence-electron chi connectivity index (χ2n) is 4.15. The number of aliphatic hydroxyl groups is 1. The van der Waals surface area contributed by atoms with Crippen LogP contribution in [0.4, 0.5) is 0 Å². The fourth-order valence-electron chi connectivity index (χ4n) is 2.18. The van der Waals surface area contributed by atoms with Crippen molar-refractivity contribution in [3.05, 3.63) is 0 Å². The van der Waals surface area contributed by atoms with Gasteiger partial charge in [0.15, 0.2) is 0 Å². The van der Waals surface area contributed by atoms with Crippen molar-refractivity contribution in [3.63, 3.8) is 0 Å². The molecule has 0 saturated carbocycles. The lowest BCUT2D eigenvalue weighted by atomic mass is 9.99. The standard InChI is InChI=1S/C11H20BrNO3/c1-16-11(15)10(12)8-13-6-3-2-4-9(13)5-7-14/h9-10,14H,2-8H2,1H3. The van der Waals surface area contributed by atoms with E-state index in [2.05, 4.69) is 25.6 Å². The molecule has 1 aliphatic heterocycles. The fourth-order valence-corrected chi connectivity index (χ4v) is 2.74. The third-order valence-corrected chi connectivity index (χ3v) is 3.73. The second-order valence-corrected chi connectivity index (χ2v) is 5.25. The SMILES string of the molecule is COC(=O)C(Br)CN1CCCCC1CCO. The van der Waals surface area contributed by atoms with Crippen molar-refractivity contribution in [2.24, 2.45) is 0 Å². The van der Waals surface area contributed by atoms with Crippen molar-refractivity contribution < 1.29 is 14.6 Å². The molecule has 0 aromatic carbocycles. The van der Waals surface area contributed by atoms with E-state index in [4.69, 9.17) is 5.11 Å². The number of piperidine rings is 1. The highest BCUT2D eigenvalue weighted by atomic mass is 79.9. The van der Waals surface area contributed by atoms with Crippen LogP contribution in [0.3, 0.4) is 0 Å². The lowest BCUT2D eigenvalue weighted by Crippen LogP contribution is -2.44. The van der Waals surface area contributed by atoms with Crippen molar-refractivity contribution in [2.45, 2.75) is 36.6 Å². The van der Waals surface area contributed by atoms with Crippen LogP contribution in [0.15, 0.2) is 0 Å². The first kappa shape index (κ1) is 13.9. The molecule has 2 atom stereocenters. The molecule has 0 aromatic rings. The smallest absolute Gasteiger partial charge is 0.320 e. The minimum Gasteiger partial charge on any atom is -0.468 e. The van der Waals surface area contributed by atoms with E-state index in [1.807, 2.05) is 0 Å². The summed E-state index contributed by atoms with van der Waals surface area (Å²) in [4.78, 5) is 13.3. The maximum atomic E-state index is 11.3. The predicted octanol–water partition coefficient (Wildman–Crippen LogP) is 1.16. The van der Waals surface area contributed by atoms with E-state index in [9.17, 15) is 4.79 Å². The van der Waals surface area contributed by atoms with Crippen LogP contribution in [0.2, 0.25) is 0 Å². The summed E-state index contributed by atoms with van der Waals surface area (Å²) in [5.74, 6) is -0.228. The Morgan fingerprint density at radius 2 is 2.38 bits per heavy atom. The Bertz CT molecular complexity index is 223. The number of likely N-dealkylation sites (tertiary alicyclic amines) is 1. The Hall–Kier alpha value is -0.130. The van der Waals surface area contributed by atoms with Crippen molar-refractivity contribution in [1.29, 1.82) is 0 Å². The number of nitrogens with zero attached hydrogens (tertiary/aromatic N) is 1. The molecule has 1 heterocycles. The summed E-state index contributed by atoms with van der Waals surface area (Å²) in [6, 6.07) is 0.406. The summed E-state index contributed by atoms with van der Waals surface area (Å²) in [6.07, 6.45) is 4.29. The Labute approximate surface area is 105 Å². The molecule has 0 aromatic heterocycles. The molecule has 1 N–H and O–H groups in total. The first-order chi connectivity index (χ1) is 7.69. The average Bonchev–Trinajstić information content (AvgIpc) is 2.31. The van der Waals surface area contributed by atoms with Crippen molar-refractivity contribution in [2.75, 3.05) is 26.8 Å². The number of halogens is 1. The highest BCUT2D eigenvalue weighted by Crippen LogP contribution is 2.21. The normalized spacial score (nSPS) is 24.1. The van der Waals surface area contributed by atoms with Crippen LogP contribution in [0, 0.1) is 0 Å². The highest BCUT2D eigenvalue weighted by Gasteiger charge is 2.26. The molecular formula is C11H20BrNO3. The van der Waals surface area contributed by atoms with Gasteiger partial charge in [0.25, 0.3) is 0 Å². The van der Waals surface area contributed by atoms with Gasteiger partial charge < -0.3 is 9.84 Å². The van der Waals surface area contributed by atoms with Crippen LogP contribution in [-0.2, 0) is 9.53 Å². The molecule has 0 amide bonds. The molecule has 0 bridgehead atoms. The highest BCUT2D eigenvalue weighted by molar-refractivity contribution is 9.10. The van der Waals surface area contributed by atoms with Gasteiger partial charge in [-0.1, -0.05) is 22.4 Å². The number of esters is 1. The van der Waals surface area contributed by atoms with Crippen LogP contribution in [0.1, 0.15) is 25.7 Å². The first-order valence-corrected chi connectivity index (χ1v) is 6.67. The molecule has 0 spiro atoms. The van der Waals surface area contributed by atoms with Gasteiger partial charge in [-0.05, 0) is 25.8 Å². The molecule has 0 aliphatic carbocycles. The number of aliphatic hydroxyl groups excluding tert-OH is 1. The van der Waals surface area contributed by atoms with Crippen LogP contribution in [0.25, 0.3) is 0 Å². The van der Waals surface area contributed by atoms with E-state index in [0.717, 1.165) is 19.4 Å². The van der Waals surface area contributed by atoms with Gasteiger partial charge in [-0.2, -0.15) is 0 Å². The Balaban J connectivity index is 2.45. The zero-order chi connectivity index (χ0) is 12.0. The lowest BCUT2D eigenvalue weighted by molar-refractivity contribution is -0.140. The molecular weight excluding hydrogens is 274 g/mol. The lowest BCUT2D eigenvalue weighted by Gasteiger charge is -2.36. The van der Waals surface area contributed by atoms with Gasteiger partial charge >= 0.3 is 5.97 Å². The van der Waals surface area contributed by atoms with Crippen molar-refractivity contribution in [1.82, 2.24) is 4.90 Å². The molecule has 1 fully saturated rings. The van der Waals surface area contributed by atoms with E-state index >= 15 is 0 Å². The summed E-state index contributed by atoms with van der Waals surface area (Å²) in [5, 5.41) is 9.00. The van der Waals surface area contributed by atoms with Crippen LogP contribution in [-0.4, -0.2) is 53.7 Å². The van der Waals surface area contributed by atoms with Crippen LogP contribution < -0.4 is 0 Å². The molecule has 5 heteroatoms. The molecule has 2 unspecified atom stereocenters. The predicted molar refractivity (Wildman–Crippen MR) is 65.6 cm³/mol. The maximum absolute atomic E-state index is 11.3. The minimum absolute atomic E-state index is 0.215. The summed E-state index contributed by atoms with van der Waals surface area (Å²) in [6.45, 7) is 1.88. The number of methoxy groups -OCH3 is 1. The third-order valence-electron chi connectivity index (χ3n) is 3.06. The number of carbonyl (C=O) groups excluding carboxylic acids is 1. The van der Waals surface area contributed by atoms with Gasteiger partial charge in [0.1, 0.15) is 4.83 Å². The zero-order valence-corrected chi connectivity index (χ0v) is 11.3. The number of rotatable bonds is 5. The number of hydrogen-bond donors (Lipinski definition) is 1. The monoisotopic (exact) mass is 293 g/mol. The number of alkyl halides is 1. The van der Waals surface area contributed by atoms with E-state index < -0.39 is 0 Å². The zero-order valence-electron chi connectivity index (χ0n) is 9.69. The van der Waals surface area contributed by atoms with Gasteiger partial charge in [-0.3, -0.25) is 9.69 Å². The van der Waals surface area contributed by atoms with Gasteiger partial charge in [0.05, 0.1) is 7.11 Å². The fraction of sp³-hybridized carbons (Fsp3) is 0.909. The Kier molecular flexibility index (Phi) is 6.31. The second kappa shape index (κ2) is 7.25. The summed E-state index contributed by atoms with van der Waals surface area (Å²) < 4.78 is 4.69. The van der Waals surface area contributed by atoms with Crippen LogP contribution in [0.5, 0.6) is 0 Å². The summed E-state index contributed by atoms with van der Waals surface area (Å²) in [7, 11) is 1.40. The van der Waals surface area contributed by atoms with E-state index in [-0.39, 0.29) is 17.4 Å². The van der Waals surface area contributed by atoms with E-state index in [1.165, 1.54) is 20.0 Å². The maximum Gasteiger partial charge on any atom is 0.320 e. The largest absolute Gasteiger partial charge is 0.468 e. The van der Waals surface area contributed by atoms with Gasteiger partial charge in [0.2, 0.25) is 0 Å². The first-order valence-electron chi connectivity index (χ1n) is 5.76. The summed E-state index contributed by atoms with van der Waals surface area (Å²) >= 11 is 3.34.